The Morgan fingerprint density at radius 3 is 1.82 bits per heavy atom. The van der Waals surface area contributed by atoms with E-state index in [-0.39, 0.29) is 0 Å². The second kappa shape index (κ2) is 13.2. The van der Waals surface area contributed by atoms with Crippen LogP contribution in [0.25, 0.3) is 66.6 Å². The molecule has 8 aromatic carbocycles. The smallest absolute Gasteiger partial charge is 0.160 e. The Labute approximate surface area is 333 Å². The molecule has 0 unspecified atom stereocenters. The average Bonchev–Trinajstić information content (AvgIpc) is 3.66. The van der Waals surface area contributed by atoms with Gasteiger partial charge in [0.15, 0.2) is 5.82 Å². The molecular weight excluding hydrogens is 715 g/mol. The van der Waals surface area contributed by atoms with Gasteiger partial charge in [-0.3, -0.25) is 0 Å². The van der Waals surface area contributed by atoms with Crippen molar-refractivity contribution in [3.8, 4) is 39.8 Å². The van der Waals surface area contributed by atoms with Crippen LogP contribution >= 0.6 is 11.8 Å². The van der Waals surface area contributed by atoms with Crippen LogP contribution in [0.15, 0.2) is 202 Å². The first-order valence-corrected chi connectivity index (χ1v) is 19.8. The number of fused-ring (bicyclic) bond motifs is 6. The molecule has 11 rings (SSSR count). The maximum atomic E-state index is 10.1. The van der Waals surface area contributed by atoms with Crippen LogP contribution in [-0.4, -0.2) is 9.97 Å². The molecule has 1 aliphatic heterocycles. The quantitative estimate of drug-likeness (QED) is 0.176. The third-order valence-corrected chi connectivity index (χ3v) is 12.4. The van der Waals surface area contributed by atoms with Gasteiger partial charge >= 0.3 is 0 Å². The van der Waals surface area contributed by atoms with Gasteiger partial charge in [0.05, 0.1) is 28.3 Å². The molecule has 0 N–H and O–H groups in total. The van der Waals surface area contributed by atoms with Crippen molar-refractivity contribution in [1.29, 1.82) is 5.26 Å². The lowest BCUT2D eigenvalue weighted by Gasteiger charge is -2.42. The van der Waals surface area contributed by atoms with E-state index in [9.17, 15) is 5.26 Å². The van der Waals surface area contributed by atoms with Gasteiger partial charge in [0, 0.05) is 37.1 Å². The van der Waals surface area contributed by atoms with Crippen LogP contribution in [0, 0.1) is 11.3 Å². The van der Waals surface area contributed by atoms with Crippen molar-refractivity contribution in [2.24, 2.45) is 0 Å². The van der Waals surface area contributed by atoms with Crippen molar-refractivity contribution in [2.75, 3.05) is 0 Å². The predicted molar refractivity (Wildman–Crippen MR) is 230 cm³/mol. The number of aromatic nitrogens is 2. The standard InChI is InChI=1S/C52H31N3OS/c53-32-33-19-27-48-43(29-33)52(38-11-3-1-4-12-38,39-13-5-2-6-14-39)44-30-36(25-28-49(44)57-48)34-20-22-35(23-21-34)50-42-16-7-9-17-45(42)54-51(55-50)37-24-26-41-40-15-8-10-18-46(40)56-47(41)31-37/h1-31H. The predicted octanol–water partition coefficient (Wildman–Crippen LogP) is 13.2. The van der Waals surface area contributed by atoms with E-state index in [0.717, 1.165) is 82.4 Å². The van der Waals surface area contributed by atoms with Gasteiger partial charge in [-0.2, -0.15) is 5.26 Å². The first-order valence-electron chi connectivity index (χ1n) is 18.9. The van der Waals surface area contributed by atoms with E-state index < -0.39 is 5.41 Å². The fourth-order valence-corrected chi connectivity index (χ4v) is 9.77. The van der Waals surface area contributed by atoms with Gasteiger partial charge in [-0.15, -0.1) is 0 Å². The summed E-state index contributed by atoms with van der Waals surface area (Å²) in [5.74, 6) is 0.653. The molecule has 5 heteroatoms. The number of hydrogen-bond acceptors (Lipinski definition) is 5. The molecular formula is C52H31N3OS. The lowest BCUT2D eigenvalue weighted by molar-refractivity contribution is 0.669. The minimum atomic E-state index is -0.636. The zero-order valence-corrected chi connectivity index (χ0v) is 31.4. The third-order valence-electron chi connectivity index (χ3n) is 11.3. The van der Waals surface area contributed by atoms with E-state index in [1.54, 1.807) is 11.8 Å². The van der Waals surface area contributed by atoms with Crippen molar-refractivity contribution in [1.82, 2.24) is 9.97 Å². The highest BCUT2D eigenvalue weighted by Crippen LogP contribution is 2.56. The second-order valence-electron chi connectivity index (χ2n) is 14.4. The summed E-state index contributed by atoms with van der Waals surface area (Å²) >= 11 is 1.77. The zero-order valence-electron chi connectivity index (χ0n) is 30.6. The Balaban J connectivity index is 1.04. The molecule has 0 bridgehead atoms. The fourth-order valence-electron chi connectivity index (χ4n) is 8.61. The lowest BCUT2D eigenvalue weighted by atomic mass is 9.64. The third kappa shape index (κ3) is 5.30. The Bertz CT molecular complexity index is 3180. The number of hydrogen-bond donors (Lipinski definition) is 0. The Hall–Kier alpha value is -7.26. The molecule has 57 heavy (non-hydrogen) atoms. The topological polar surface area (TPSA) is 62.7 Å². The van der Waals surface area contributed by atoms with Gasteiger partial charge in [0.25, 0.3) is 0 Å². The minimum absolute atomic E-state index is 0.636. The monoisotopic (exact) mass is 745 g/mol. The highest BCUT2D eigenvalue weighted by atomic mass is 32.2. The lowest BCUT2D eigenvalue weighted by Crippen LogP contribution is -2.34. The van der Waals surface area contributed by atoms with E-state index in [0.29, 0.717) is 11.4 Å². The van der Waals surface area contributed by atoms with Gasteiger partial charge in [-0.25, -0.2) is 9.97 Å². The number of benzene rings is 8. The first kappa shape index (κ1) is 33.1. The van der Waals surface area contributed by atoms with E-state index in [2.05, 4.69) is 146 Å². The summed E-state index contributed by atoms with van der Waals surface area (Å²) in [5.41, 5.74) is 12.2. The van der Waals surface area contributed by atoms with Gasteiger partial charge in [-0.1, -0.05) is 145 Å². The van der Waals surface area contributed by atoms with Crippen LogP contribution in [0.4, 0.5) is 0 Å². The van der Waals surface area contributed by atoms with Gasteiger partial charge < -0.3 is 4.42 Å². The molecule has 0 saturated heterocycles. The highest BCUT2D eigenvalue weighted by molar-refractivity contribution is 7.99. The van der Waals surface area contributed by atoms with Crippen molar-refractivity contribution in [3.05, 3.63) is 216 Å². The highest BCUT2D eigenvalue weighted by Gasteiger charge is 2.44. The summed E-state index contributed by atoms with van der Waals surface area (Å²) < 4.78 is 6.23. The summed E-state index contributed by atoms with van der Waals surface area (Å²) in [7, 11) is 0. The van der Waals surface area contributed by atoms with Crippen LogP contribution in [0.3, 0.4) is 0 Å². The van der Waals surface area contributed by atoms with E-state index >= 15 is 0 Å². The second-order valence-corrected chi connectivity index (χ2v) is 15.5. The molecule has 0 amide bonds. The largest absolute Gasteiger partial charge is 0.456 e. The number of para-hydroxylation sites is 2. The normalized spacial score (nSPS) is 13.0. The Kier molecular flexibility index (Phi) is 7.67. The Morgan fingerprint density at radius 2 is 1.07 bits per heavy atom. The summed E-state index contributed by atoms with van der Waals surface area (Å²) in [6.45, 7) is 0. The van der Waals surface area contributed by atoms with Crippen molar-refractivity contribution in [2.45, 2.75) is 15.2 Å². The summed E-state index contributed by atoms with van der Waals surface area (Å²) in [6.07, 6.45) is 0. The molecule has 3 heterocycles. The average molecular weight is 746 g/mol. The Morgan fingerprint density at radius 1 is 0.474 bits per heavy atom. The molecule has 0 fully saturated rings. The van der Waals surface area contributed by atoms with Crippen LogP contribution < -0.4 is 0 Å². The number of nitriles is 1. The van der Waals surface area contributed by atoms with E-state index in [1.807, 2.05) is 48.5 Å². The number of furan rings is 1. The van der Waals surface area contributed by atoms with Crippen LogP contribution in [0.1, 0.15) is 27.8 Å². The van der Waals surface area contributed by atoms with Crippen LogP contribution in [-0.2, 0) is 5.41 Å². The van der Waals surface area contributed by atoms with Gasteiger partial charge in [0.1, 0.15) is 11.2 Å². The molecule has 266 valence electrons. The fraction of sp³-hybridized carbons (Fsp3) is 0.0192. The van der Waals surface area contributed by atoms with Crippen molar-refractivity contribution >= 4 is 44.6 Å². The maximum Gasteiger partial charge on any atom is 0.160 e. The summed E-state index contributed by atoms with van der Waals surface area (Å²) in [5, 5.41) is 13.2. The van der Waals surface area contributed by atoms with E-state index in [1.165, 1.54) is 10.5 Å². The molecule has 0 radical (unpaired) electrons. The molecule has 4 nitrogen and oxygen atoms in total. The first-order chi connectivity index (χ1) is 28.2. The minimum Gasteiger partial charge on any atom is -0.456 e. The zero-order chi connectivity index (χ0) is 37.9. The molecule has 0 spiro atoms. The van der Waals surface area contributed by atoms with Gasteiger partial charge in [0.2, 0.25) is 0 Å². The number of nitrogens with zero attached hydrogens (tertiary/aromatic N) is 3. The van der Waals surface area contributed by atoms with Crippen molar-refractivity contribution < 1.29 is 4.42 Å². The SMILES string of the molecule is N#Cc1ccc2c(c1)C(c1ccccc1)(c1ccccc1)c1cc(-c3ccc(-c4nc(-c5ccc6c(c5)oc5ccccc56)nc5ccccc45)cc3)ccc1S2. The van der Waals surface area contributed by atoms with Crippen LogP contribution in [0.2, 0.25) is 0 Å². The van der Waals surface area contributed by atoms with Crippen LogP contribution in [0.5, 0.6) is 0 Å². The molecule has 1 aliphatic rings. The maximum absolute atomic E-state index is 10.1. The van der Waals surface area contributed by atoms with Gasteiger partial charge in [-0.05, 0) is 88.0 Å². The molecule has 10 aromatic rings. The summed E-state index contributed by atoms with van der Waals surface area (Å²) in [4.78, 5) is 12.6. The van der Waals surface area contributed by atoms with E-state index in [4.69, 9.17) is 14.4 Å². The molecule has 0 aliphatic carbocycles. The number of rotatable bonds is 5. The molecule has 2 aromatic heterocycles. The summed E-state index contributed by atoms with van der Waals surface area (Å²) in [6, 6.07) is 68.1. The van der Waals surface area contributed by atoms with Crippen molar-refractivity contribution in [3.63, 3.8) is 0 Å². The molecule has 0 saturated carbocycles. The molecule has 0 atom stereocenters.